The maximum Gasteiger partial charge on any atom is 0.265 e. The Kier molecular flexibility index (Phi) is 2.81. The van der Waals surface area contributed by atoms with Crippen molar-refractivity contribution < 1.29 is 4.79 Å². The first kappa shape index (κ1) is 9.19. The summed E-state index contributed by atoms with van der Waals surface area (Å²) in [5.74, 6) is 0.0503. The Bertz CT molecular complexity index is 280. The van der Waals surface area contributed by atoms with Crippen molar-refractivity contribution in [3.63, 3.8) is 0 Å². The van der Waals surface area contributed by atoms with E-state index in [1.807, 2.05) is 6.92 Å². The third-order valence-electron chi connectivity index (χ3n) is 1.58. The molecular weight excluding hydrogens is 172 g/mol. The number of thiazole rings is 1. The molecule has 0 spiro atoms. The topological polar surface area (TPSA) is 33.2 Å². The van der Waals surface area contributed by atoms with Gasteiger partial charge in [-0.15, -0.1) is 11.3 Å². The second kappa shape index (κ2) is 3.67. The quantitative estimate of drug-likeness (QED) is 0.696. The number of aromatic nitrogens is 1. The molecule has 1 heterocycles. The van der Waals surface area contributed by atoms with Crippen LogP contribution in [0.5, 0.6) is 0 Å². The molecule has 0 atom stereocenters. The van der Waals surface area contributed by atoms with Gasteiger partial charge >= 0.3 is 0 Å². The predicted octanol–water partition coefficient (Wildman–Crippen LogP) is 1.41. The van der Waals surface area contributed by atoms with Crippen LogP contribution >= 0.6 is 11.3 Å². The first-order valence-electron chi connectivity index (χ1n) is 3.80. The maximum absolute atomic E-state index is 11.5. The Hall–Kier alpha value is -0.900. The Morgan fingerprint density at radius 1 is 1.67 bits per heavy atom. The molecule has 0 aromatic carbocycles. The third-order valence-corrected chi connectivity index (χ3v) is 2.43. The molecule has 0 aliphatic heterocycles. The molecule has 1 aromatic rings. The summed E-state index contributed by atoms with van der Waals surface area (Å²) < 4.78 is 0. The van der Waals surface area contributed by atoms with E-state index < -0.39 is 0 Å². The standard InChI is InChI=1S/C8H12N2OS/c1-4-6-7(12-5-9-6)8(11)10(2)3/h5H,4H2,1-3H3. The zero-order chi connectivity index (χ0) is 9.14. The number of aryl methyl sites for hydroxylation is 1. The average Bonchev–Trinajstić information content (AvgIpc) is 2.49. The first-order valence-corrected chi connectivity index (χ1v) is 4.68. The lowest BCUT2D eigenvalue weighted by molar-refractivity contribution is 0.0831. The van der Waals surface area contributed by atoms with E-state index in [1.165, 1.54) is 11.3 Å². The van der Waals surface area contributed by atoms with Crippen molar-refractivity contribution in [2.45, 2.75) is 13.3 Å². The summed E-state index contributed by atoms with van der Waals surface area (Å²) in [4.78, 5) is 17.9. The third kappa shape index (κ3) is 1.64. The van der Waals surface area contributed by atoms with E-state index in [9.17, 15) is 4.79 Å². The van der Waals surface area contributed by atoms with Gasteiger partial charge in [0.15, 0.2) is 0 Å². The van der Waals surface area contributed by atoms with E-state index in [1.54, 1.807) is 24.5 Å². The Balaban J connectivity index is 2.94. The zero-order valence-electron chi connectivity index (χ0n) is 7.50. The van der Waals surface area contributed by atoms with Crippen molar-refractivity contribution >= 4 is 17.2 Å². The largest absolute Gasteiger partial charge is 0.344 e. The number of nitrogens with zero attached hydrogens (tertiary/aromatic N) is 2. The average molecular weight is 184 g/mol. The Morgan fingerprint density at radius 2 is 2.33 bits per heavy atom. The monoisotopic (exact) mass is 184 g/mol. The van der Waals surface area contributed by atoms with Gasteiger partial charge in [-0.05, 0) is 6.42 Å². The molecule has 0 bridgehead atoms. The summed E-state index contributed by atoms with van der Waals surface area (Å²) >= 11 is 1.41. The highest BCUT2D eigenvalue weighted by Gasteiger charge is 2.14. The highest BCUT2D eigenvalue weighted by molar-refractivity contribution is 7.11. The van der Waals surface area contributed by atoms with Crippen LogP contribution in [0, 0.1) is 0 Å². The van der Waals surface area contributed by atoms with Gasteiger partial charge in [-0.25, -0.2) is 4.98 Å². The minimum atomic E-state index is 0.0503. The summed E-state index contributed by atoms with van der Waals surface area (Å²) in [6.45, 7) is 2.00. The summed E-state index contributed by atoms with van der Waals surface area (Å²) in [5.41, 5.74) is 2.62. The molecule has 1 rings (SSSR count). The fraction of sp³-hybridized carbons (Fsp3) is 0.500. The first-order chi connectivity index (χ1) is 5.66. The molecular formula is C8H12N2OS. The van der Waals surface area contributed by atoms with Gasteiger partial charge < -0.3 is 4.90 Å². The number of rotatable bonds is 2. The molecule has 3 nitrogen and oxygen atoms in total. The van der Waals surface area contributed by atoms with Crippen molar-refractivity contribution in [2.24, 2.45) is 0 Å². The molecule has 4 heteroatoms. The van der Waals surface area contributed by atoms with Gasteiger partial charge in [0.25, 0.3) is 5.91 Å². The molecule has 66 valence electrons. The molecule has 0 saturated carbocycles. The number of hydrogen-bond donors (Lipinski definition) is 0. The SMILES string of the molecule is CCc1ncsc1C(=O)N(C)C. The minimum Gasteiger partial charge on any atom is -0.344 e. The highest BCUT2D eigenvalue weighted by atomic mass is 32.1. The number of carbonyl (C=O) groups is 1. The van der Waals surface area contributed by atoms with E-state index in [0.717, 1.165) is 17.0 Å². The molecule has 0 aliphatic rings. The van der Waals surface area contributed by atoms with Crippen LogP contribution in [0.1, 0.15) is 22.3 Å². The molecule has 0 radical (unpaired) electrons. The van der Waals surface area contributed by atoms with E-state index in [0.29, 0.717) is 0 Å². The Labute approximate surface area is 76.0 Å². The number of amides is 1. The van der Waals surface area contributed by atoms with E-state index >= 15 is 0 Å². The smallest absolute Gasteiger partial charge is 0.265 e. The fourth-order valence-corrected chi connectivity index (χ4v) is 1.80. The van der Waals surface area contributed by atoms with Crippen LogP contribution in [0.4, 0.5) is 0 Å². The highest BCUT2D eigenvalue weighted by Crippen LogP contribution is 2.15. The summed E-state index contributed by atoms with van der Waals surface area (Å²) in [6.07, 6.45) is 0.818. The second-order valence-corrected chi connectivity index (χ2v) is 3.54. The lowest BCUT2D eigenvalue weighted by Gasteiger charge is -2.08. The van der Waals surface area contributed by atoms with E-state index in [-0.39, 0.29) is 5.91 Å². The van der Waals surface area contributed by atoms with E-state index in [4.69, 9.17) is 0 Å². The van der Waals surface area contributed by atoms with Crippen molar-refractivity contribution in [1.82, 2.24) is 9.88 Å². The van der Waals surface area contributed by atoms with E-state index in [2.05, 4.69) is 4.98 Å². The maximum atomic E-state index is 11.5. The summed E-state index contributed by atoms with van der Waals surface area (Å²) in [5, 5.41) is 0. The molecule has 0 N–H and O–H groups in total. The molecule has 0 aliphatic carbocycles. The second-order valence-electron chi connectivity index (χ2n) is 2.68. The molecule has 1 aromatic heterocycles. The van der Waals surface area contributed by atoms with Crippen molar-refractivity contribution in [2.75, 3.05) is 14.1 Å². The fourth-order valence-electron chi connectivity index (χ4n) is 0.898. The Morgan fingerprint density at radius 3 is 2.83 bits per heavy atom. The van der Waals surface area contributed by atoms with Crippen LogP contribution in [-0.2, 0) is 6.42 Å². The van der Waals surface area contributed by atoms with Crippen LogP contribution in [-0.4, -0.2) is 29.9 Å². The van der Waals surface area contributed by atoms with Gasteiger partial charge in [-0.3, -0.25) is 4.79 Å². The van der Waals surface area contributed by atoms with Gasteiger partial charge in [-0.1, -0.05) is 6.92 Å². The van der Waals surface area contributed by atoms with Gasteiger partial charge in [0.05, 0.1) is 11.2 Å². The summed E-state index contributed by atoms with van der Waals surface area (Å²) in [6, 6.07) is 0. The molecule has 12 heavy (non-hydrogen) atoms. The number of carbonyl (C=O) groups excluding carboxylic acids is 1. The van der Waals surface area contributed by atoms with Crippen molar-refractivity contribution in [3.8, 4) is 0 Å². The molecule has 0 saturated heterocycles. The lowest BCUT2D eigenvalue weighted by Crippen LogP contribution is -2.21. The molecule has 1 amide bonds. The van der Waals surface area contributed by atoms with Gasteiger partial charge in [0.2, 0.25) is 0 Å². The van der Waals surface area contributed by atoms with Crippen LogP contribution in [0.15, 0.2) is 5.51 Å². The zero-order valence-corrected chi connectivity index (χ0v) is 8.31. The van der Waals surface area contributed by atoms with Gasteiger partial charge in [0, 0.05) is 14.1 Å². The van der Waals surface area contributed by atoms with Crippen LogP contribution in [0.25, 0.3) is 0 Å². The van der Waals surface area contributed by atoms with Gasteiger partial charge in [-0.2, -0.15) is 0 Å². The summed E-state index contributed by atoms with van der Waals surface area (Å²) in [7, 11) is 3.50. The van der Waals surface area contributed by atoms with Crippen LogP contribution < -0.4 is 0 Å². The minimum absolute atomic E-state index is 0.0503. The molecule has 0 fully saturated rings. The van der Waals surface area contributed by atoms with Crippen LogP contribution in [0.3, 0.4) is 0 Å². The van der Waals surface area contributed by atoms with Crippen LogP contribution in [0.2, 0.25) is 0 Å². The van der Waals surface area contributed by atoms with Gasteiger partial charge in [0.1, 0.15) is 4.88 Å². The van der Waals surface area contributed by atoms with Crippen molar-refractivity contribution in [1.29, 1.82) is 0 Å². The lowest BCUT2D eigenvalue weighted by atomic mass is 10.3. The van der Waals surface area contributed by atoms with Crippen molar-refractivity contribution in [3.05, 3.63) is 16.1 Å². The predicted molar refractivity (Wildman–Crippen MR) is 49.5 cm³/mol. The molecule has 0 unspecified atom stereocenters. The normalized spacial score (nSPS) is 9.92. The number of hydrogen-bond acceptors (Lipinski definition) is 3.